The van der Waals surface area contributed by atoms with Crippen molar-refractivity contribution in [3.63, 3.8) is 0 Å². The maximum atomic E-state index is 11.3. The summed E-state index contributed by atoms with van der Waals surface area (Å²) in [5.41, 5.74) is 6.32. The van der Waals surface area contributed by atoms with Gasteiger partial charge in [0.2, 0.25) is 0 Å². The topological polar surface area (TPSA) is 85.4 Å². The fourth-order valence-corrected chi connectivity index (χ4v) is 1.74. The Kier molecular flexibility index (Phi) is 2.77. The van der Waals surface area contributed by atoms with Gasteiger partial charge >= 0.3 is 5.97 Å². The fourth-order valence-electron chi connectivity index (χ4n) is 1.51. The number of ether oxygens (including phenoxy) is 1. The summed E-state index contributed by atoms with van der Waals surface area (Å²) in [5.74, 6) is -0.763. The summed E-state index contributed by atoms with van der Waals surface area (Å²) in [4.78, 5) is 15.4. The molecule has 0 unspecified atom stereocenters. The van der Waals surface area contributed by atoms with E-state index in [0.717, 1.165) is 0 Å². The summed E-state index contributed by atoms with van der Waals surface area (Å²) < 4.78 is 4.52. The Morgan fingerprint density at radius 3 is 2.82 bits per heavy atom. The fraction of sp³-hybridized carbons (Fsp3) is 0.0909. The number of nitrogens with two attached hydrogens (primary N) is 1. The predicted molar refractivity (Wildman–Crippen MR) is 64.2 cm³/mol. The third kappa shape index (κ3) is 1.97. The molecule has 0 saturated heterocycles. The maximum Gasteiger partial charge on any atom is 0.356 e. The molecule has 3 N–H and O–H groups in total. The maximum absolute atomic E-state index is 11.3. The molecule has 0 aliphatic rings. The van der Waals surface area contributed by atoms with Gasteiger partial charge in [-0.2, -0.15) is 0 Å². The summed E-state index contributed by atoms with van der Waals surface area (Å²) in [6, 6.07) is 4.23. The quantitative estimate of drug-likeness (QED) is 0.599. The van der Waals surface area contributed by atoms with Crippen molar-refractivity contribution in [2.75, 3.05) is 12.8 Å². The number of carbonyl (C=O) groups excluding carboxylic acids is 1. The summed E-state index contributed by atoms with van der Waals surface area (Å²) in [7, 11) is 1.23. The summed E-state index contributed by atoms with van der Waals surface area (Å²) >= 11 is 5.82. The Labute approximate surface area is 102 Å². The number of nitrogens with zero attached hydrogens (tertiary/aromatic N) is 1. The number of rotatable bonds is 1. The first-order valence-electron chi connectivity index (χ1n) is 4.70. The molecule has 1 heterocycles. The monoisotopic (exact) mass is 252 g/mol. The van der Waals surface area contributed by atoms with Gasteiger partial charge < -0.3 is 15.6 Å². The van der Waals surface area contributed by atoms with E-state index < -0.39 is 5.97 Å². The number of aromatic hydroxyl groups is 1. The number of aromatic nitrogens is 1. The van der Waals surface area contributed by atoms with Crippen molar-refractivity contribution >= 4 is 34.2 Å². The van der Waals surface area contributed by atoms with Gasteiger partial charge in [-0.3, -0.25) is 0 Å². The molecule has 1 aromatic carbocycles. The highest BCUT2D eigenvalue weighted by Crippen LogP contribution is 2.31. The van der Waals surface area contributed by atoms with Crippen LogP contribution in [0.4, 0.5) is 5.69 Å². The second-order valence-electron chi connectivity index (χ2n) is 3.41. The molecule has 1 aromatic heterocycles. The van der Waals surface area contributed by atoms with Crippen molar-refractivity contribution < 1.29 is 14.6 Å². The molecule has 2 rings (SSSR count). The number of esters is 1. The lowest BCUT2D eigenvalue weighted by molar-refractivity contribution is 0.0594. The molecule has 6 heteroatoms. The van der Waals surface area contributed by atoms with E-state index in [4.69, 9.17) is 17.3 Å². The molecule has 2 aromatic rings. The van der Waals surface area contributed by atoms with Crippen LogP contribution >= 0.6 is 11.6 Å². The molecule has 0 radical (unpaired) electrons. The van der Waals surface area contributed by atoms with E-state index in [0.29, 0.717) is 15.9 Å². The molecular formula is C11H9ClN2O3. The second kappa shape index (κ2) is 4.10. The van der Waals surface area contributed by atoms with Crippen LogP contribution in [-0.2, 0) is 4.74 Å². The molecule has 0 aliphatic carbocycles. The van der Waals surface area contributed by atoms with Crippen LogP contribution in [0.5, 0.6) is 5.75 Å². The number of halogens is 1. The first-order chi connectivity index (χ1) is 8.02. The third-order valence-corrected chi connectivity index (χ3v) is 2.50. The van der Waals surface area contributed by atoms with E-state index in [1.54, 1.807) is 0 Å². The molecular weight excluding hydrogens is 244 g/mol. The van der Waals surface area contributed by atoms with Crippen molar-refractivity contribution in [1.82, 2.24) is 4.98 Å². The van der Waals surface area contributed by atoms with Crippen molar-refractivity contribution in [2.45, 2.75) is 0 Å². The van der Waals surface area contributed by atoms with Crippen molar-refractivity contribution in [1.29, 1.82) is 0 Å². The molecule has 0 bridgehead atoms. The number of hydrogen-bond donors (Lipinski definition) is 2. The predicted octanol–water partition coefficient (Wildman–Crippen LogP) is 1.96. The number of hydrogen-bond acceptors (Lipinski definition) is 5. The molecule has 0 aliphatic heterocycles. The summed E-state index contributed by atoms with van der Waals surface area (Å²) in [5, 5.41) is 10.6. The van der Waals surface area contributed by atoms with Crippen LogP contribution in [0.3, 0.4) is 0 Å². The zero-order valence-corrected chi connectivity index (χ0v) is 9.65. The average molecular weight is 253 g/mol. The molecule has 0 atom stereocenters. The van der Waals surface area contributed by atoms with E-state index in [-0.39, 0.29) is 17.1 Å². The van der Waals surface area contributed by atoms with Gasteiger partial charge in [-0.25, -0.2) is 9.78 Å². The minimum absolute atomic E-state index is 0.00785. The Bertz CT molecular complexity index is 613. The van der Waals surface area contributed by atoms with Crippen LogP contribution in [0, 0.1) is 0 Å². The number of fused-ring (bicyclic) bond motifs is 1. The van der Waals surface area contributed by atoms with Crippen LogP contribution in [0.25, 0.3) is 10.9 Å². The van der Waals surface area contributed by atoms with E-state index in [2.05, 4.69) is 9.72 Å². The average Bonchev–Trinajstić information content (AvgIpc) is 2.29. The molecule has 0 fully saturated rings. The van der Waals surface area contributed by atoms with Crippen LogP contribution < -0.4 is 5.73 Å². The molecule has 0 spiro atoms. The van der Waals surface area contributed by atoms with E-state index in [9.17, 15) is 9.90 Å². The van der Waals surface area contributed by atoms with Gasteiger partial charge in [-0.05, 0) is 12.1 Å². The largest absolute Gasteiger partial charge is 0.507 e. The first kappa shape index (κ1) is 11.5. The normalized spacial score (nSPS) is 10.5. The van der Waals surface area contributed by atoms with Crippen LogP contribution in [0.2, 0.25) is 5.02 Å². The molecule has 88 valence electrons. The zero-order chi connectivity index (χ0) is 12.6. The second-order valence-corrected chi connectivity index (χ2v) is 3.85. The lowest BCUT2D eigenvalue weighted by Crippen LogP contribution is -2.05. The highest BCUT2D eigenvalue weighted by molar-refractivity contribution is 6.32. The Morgan fingerprint density at radius 1 is 1.47 bits per heavy atom. The minimum Gasteiger partial charge on any atom is -0.507 e. The summed E-state index contributed by atoms with van der Waals surface area (Å²) in [6.07, 6.45) is 0. The van der Waals surface area contributed by atoms with Crippen LogP contribution in [0.1, 0.15) is 10.5 Å². The van der Waals surface area contributed by atoms with Gasteiger partial charge in [0, 0.05) is 16.5 Å². The van der Waals surface area contributed by atoms with Crippen molar-refractivity contribution in [2.24, 2.45) is 0 Å². The molecule has 17 heavy (non-hydrogen) atoms. The number of pyridine rings is 1. The van der Waals surface area contributed by atoms with Gasteiger partial charge in [0.25, 0.3) is 0 Å². The number of carbonyl (C=O) groups is 1. The van der Waals surface area contributed by atoms with Gasteiger partial charge in [0.05, 0.1) is 18.3 Å². The number of nitrogen functional groups attached to an aromatic ring is 1. The molecule has 0 amide bonds. The SMILES string of the molecule is COC(=O)c1cc(O)c2cc(Cl)cc(N)c2n1. The standard InChI is InChI=1S/C11H9ClN2O3/c1-17-11(16)8-4-9(15)6-2-5(12)3-7(13)10(6)14-8/h2-4H,13H2,1H3,(H,14,15). The third-order valence-electron chi connectivity index (χ3n) is 2.28. The summed E-state index contributed by atoms with van der Waals surface area (Å²) in [6.45, 7) is 0. The van der Waals surface area contributed by atoms with E-state index >= 15 is 0 Å². The van der Waals surface area contributed by atoms with Crippen LogP contribution in [-0.4, -0.2) is 23.2 Å². The van der Waals surface area contributed by atoms with Crippen molar-refractivity contribution in [3.8, 4) is 5.75 Å². The van der Waals surface area contributed by atoms with E-state index in [1.807, 2.05) is 0 Å². The smallest absolute Gasteiger partial charge is 0.356 e. The van der Waals surface area contributed by atoms with Crippen LogP contribution in [0.15, 0.2) is 18.2 Å². The number of methoxy groups -OCH3 is 1. The minimum atomic E-state index is -0.642. The zero-order valence-electron chi connectivity index (χ0n) is 8.90. The first-order valence-corrected chi connectivity index (χ1v) is 5.07. The Morgan fingerprint density at radius 2 is 2.18 bits per heavy atom. The lowest BCUT2D eigenvalue weighted by Gasteiger charge is -2.06. The highest BCUT2D eigenvalue weighted by atomic mass is 35.5. The van der Waals surface area contributed by atoms with E-state index in [1.165, 1.54) is 25.3 Å². The van der Waals surface area contributed by atoms with Crippen molar-refractivity contribution in [3.05, 3.63) is 28.9 Å². The molecule has 0 saturated carbocycles. The lowest BCUT2D eigenvalue weighted by atomic mass is 10.1. The Balaban J connectivity index is 2.77. The Hall–Kier alpha value is -2.01. The number of benzene rings is 1. The van der Waals surface area contributed by atoms with Gasteiger partial charge in [-0.15, -0.1) is 0 Å². The highest BCUT2D eigenvalue weighted by Gasteiger charge is 2.14. The van der Waals surface area contributed by atoms with Gasteiger partial charge in [0.1, 0.15) is 5.75 Å². The molecule has 5 nitrogen and oxygen atoms in total. The van der Waals surface area contributed by atoms with Gasteiger partial charge in [-0.1, -0.05) is 11.6 Å². The van der Waals surface area contributed by atoms with Gasteiger partial charge in [0.15, 0.2) is 5.69 Å². The number of anilines is 1.